The molecule has 0 N–H and O–H groups in total. The van der Waals surface area contributed by atoms with E-state index in [1.54, 1.807) is 43.8 Å². The first kappa shape index (κ1) is 36.6. The molecule has 52 heavy (non-hydrogen) atoms. The van der Waals surface area contributed by atoms with Crippen LogP contribution >= 0.6 is 10.3 Å². The van der Waals surface area contributed by atoms with Crippen LogP contribution in [0.15, 0.2) is 160 Å². The number of ether oxygens (including phenoxy) is 3. The molecule has 0 amide bonds. The Morgan fingerprint density at radius 3 is 1.38 bits per heavy atom. The van der Waals surface area contributed by atoms with E-state index in [1.807, 2.05) is 131 Å². The van der Waals surface area contributed by atoms with E-state index in [1.165, 1.54) is 0 Å². The number of pyridine rings is 2. The molecule has 0 fully saturated rings. The van der Waals surface area contributed by atoms with E-state index in [4.69, 9.17) is 17.8 Å². The van der Waals surface area contributed by atoms with Gasteiger partial charge in [0.25, 0.3) is 0 Å². The van der Waals surface area contributed by atoms with E-state index in [0.29, 0.717) is 50.7 Å². The first-order chi connectivity index (χ1) is 24.9. The maximum absolute atomic E-state index is 14.5. The maximum atomic E-state index is 14.5. The highest BCUT2D eigenvalue weighted by atomic mass is 32.3. The van der Waals surface area contributed by atoms with Gasteiger partial charge in [-0.2, -0.15) is 8.42 Å². The average molecular weight is 735 g/mol. The van der Waals surface area contributed by atoms with Crippen LogP contribution in [0.4, 0.5) is 0 Å². The van der Waals surface area contributed by atoms with Gasteiger partial charge in [0.1, 0.15) is 36.1 Å². The van der Waals surface area contributed by atoms with E-state index >= 15 is 0 Å². The standard InChI is InChI=1S/C42H42N2O6S2/c1-31-6-19-41(32(2)28-31)52(45,46)50-51(40-17-11-37(12-18-40)49-42(3,4)5,38-13-7-35(8-14-38)47-29-33-20-24-43-25-21-33)39-15-9-36(10-16-39)48-30-34-22-26-44-27-23-34/h6-28H,29-30H2,1-5H3. The van der Waals surface area contributed by atoms with Crippen molar-refractivity contribution >= 4 is 20.4 Å². The summed E-state index contributed by atoms with van der Waals surface area (Å²) in [5.41, 5.74) is 3.08. The van der Waals surface area contributed by atoms with Crippen molar-refractivity contribution in [3.8, 4) is 17.2 Å². The normalized spacial score (nSPS) is 12.2. The molecule has 6 aromatic rings. The molecule has 2 aromatic heterocycles. The molecular weight excluding hydrogens is 693 g/mol. The van der Waals surface area contributed by atoms with Crippen molar-refractivity contribution in [1.82, 2.24) is 9.97 Å². The van der Waals surface area contributed by atoms with Crippen molar-refractivity contribution in [1.29, 1.82) is 0 Å². The molecule has 10 heteroatoms. The number of hydrogen-bond donors (Lipinski definition) is 0. The van der Waals surface area contributed by atoms with Gasteiger partial charge >= 0.3 is 10.1 Å². The van der Waals surface area contributed by atoms with Gasteiger partial charge in [-0.1, -0.05) is 17.7 Å². The topological polar surface area (TPSA) is 96.8 Å². The summed E-state index contributed by atoms with van der Waals surface area (Å²) in [6, 6.07) is 35.2. The molecule has 4 aromatic carbocycles. The lowest BCUT2D eigenvalue weighted by Gasteiger charge is -2.39. The first-order valence-corrected chi connectivity index (χ1v) is 19.8. The first-order valence-electron chi connectivity index (χ1n) is 16.8. The van der Waals surface area contributed by atoms with Gasteiger partial charge in [0, 0.05) is 39.5 Å². The Morgan fingerprint density at radius 1 is 0.558 bits per heavy atom. The van der Waals surface area contributed by atoms with E-state index < -0.39 is 26.0 Å². The molecular formula is C42H42N2O6S2. The monoisotopic (exact) mass is 734 g/mol. The number of nitrogens with zero attached hydrogens (tertiary/aromatic N) is 2. The van der Waals surface area contributed by atoms with Gasteiger partial charge in [-0.3, -0.25) is 9.97 Å². The zero-order valence-corrected chi connectivity index (χ0v) is 31.5. The fraction of sp³-hybridized carbons (Fsp3) is 0.190. The lowest BCUT2D eigenvalue weighted by atomic mass is 10.2. The third-order valence-corrected chi connectivity index (χ3v) is 13.3. The van der Waals surface area contributed by atoms with Gasteiger partial charge in [0.2, 0.25) is 0 Å². The predicted molar refractivity (Wildman–Crippen MR) is 203 cm³/mol. The van der Waals surface area contributed by atoms with Crippen molar-refractivity contribution in [2.75, 3.05) is 0 Å². The van der Waals surface area contributed by atoms with Crippen LogP contribution in [0.1, 0.15) is 43.0 Å². The van der Waals surface area contributed by atoms with Gasteiger partial charge < -0.3 is 14.2 Å². The van der Waals surface area contributed by atoms with Crippen molar-refractivity contribution in [3.63, 3.8) is 0 Å². The van der Waals surface area contributed by atoms with Crippen LogP contribution in [0, 0.1) is 13.8 Å². The van der Waals surface area contributed by atoms with E-state index in [-0.39, 0.29) is 4.90 Å². The van der Waals surface area contributed by atoms with Crippen LogP contribution in [0.25, 0.3) is 0 Å². The summed E-state index contributed by atoms with van der Waals surface area (Å²) in [5, 5.41) is 0. The second-order valence-electron chi connectivity index (χ2n) is 13.3. The molecule has 268 valence electrons. The number of aryl methyl sites for hydroxylation is 2. The molecule has 0 bridgehead atoms. The van der Waals surface area contributed by atoms with Gasteiger partial charge in [-0.05, 0) is 165 Å². The van der Waals surface area contributed by atoms with Crippen LogP contribution in [0.3, 0.4) is 0 Å². The molecule has 0 radical (unpaired) electrons. The van der Waals surface area contributed by atoms with E-state index in [2.05, 4.69) is 9.97 Å². The Hall–Kier alpha value is -5.16. The summed E-state index contributed by atoms with van der Waals surface area (Å²) in [6.07, 6.45) is 6.89. The summed E-state index contributed by atoms with van der Waals surface area (Å²) >= 11 is 0. The van der Waals surface area contributed by atoms with Crippen LogP contribution in [-0.2, 0) is 27.0 Å². The maximum Gasteiger partial charge on any atom is 0.307 e. The molecule has 6 rings (SSSR count). The third kappa shape index (κ3) is 8.82. The fourth-order valence-electron chi connectivity index (χ4n) is 5.58. The number of aromatic nitrogens is 2. The molecule has 0 unspecified atom stereocenters. The van der Waals surface area contributed by atoms with E-state index in [0.717, 1.165) is 16.7 Å². The molecule has 2 heterocycles. The van der Waals surface area contributed by atoms with Crippen LogP contribution in [-0.4, -0.2) is 24.0 Å². The summed E-state index contributed by atoms with van der Waals surface area (Å²) in [4.78, 5) is 10.2. The summed E-state index contributed by atoms with van der Waals surface area (Å²) in [7, 11) is -7.29. The molecule has 0 aliphatic carbocycles. The molecule has 0 aliphatic rings. The van der Waals surface area contributed by atoms with E-state index in [9.17, 15) is 8.42 Å². The quantitative estimate of drug-likeness (QED) is 0.116. The van der Waals surface area contributed by atoms with Crippen molar-refractivity contribution in [2.45, 2.75) is 73.0 Å². The molecule has 0 spiro atoms. The van der Waals surface area contributed by atoms with Crippen molar-refractivity contribution < 1.29 is 26.3 Å². The Kier molecular flexibility index (Phi) is 11.0. The second kappa shape index (κ2) is 15.6. The zero-order chi connectivity index (χ0) is 36.8. The number of rotatable bonds is 13. The lowest BCUT2D eigenvalue weighted by molar-refractivity contribution is 0.131. The van der Waals surface area contributed by atoms with Crippen LogP contribution in [0.2, 0.25) is 0 Å². The predicted octanol–water partition coefficient (Wildman–Crippen LogP) is 10.0. The highest BCUT2D eigenvalue weighted by Gasteiger charge is 2.39. The van der Waals surface area contributed by atoms with Gasteiger partial charge in [0.15, 0.2) is 0 Å². The van der Waals surface area contributed by atoms with Gasteiger partial charge in [0.05, 0.1) is 4.90 Å². The average Bonchev–Trinajstić information content (AvgIpc) is 3.13. The fourth-order valence-corrected chi connectivity index (χ4v) is 10.9. The molecule has 0 aliphatic heterocycles. The number of hydrogen-bond acceptors (Lipinski definition) is 8. The third-order valence-electron chi connectivity index (χ3n) is 7.99. The smallest absolute Gasteiger partial charge is 0.307 e. The highest BCUT2D eigenvalue weighted by Crippen LogP contribution is 2.70. The van der Waals surface area contributed by atoms with Gasteiger partial charge in [-0.15, -0.1) is 0 Å². The summed E-state index contributed by atoms with van der Waals surface area (Å²) in [5.74, 6) is 1.90. The van der Waals surface area contributed by atoms with Crippen molar-refractivity contribution in [3.05, 3.63) is 162 Å². The minimum atomic E-state index is -4.33. The Balaban J connectivity index is 1.47. The largest absolute Gasteiger partial charge is 0.489 e. The number of benzene rings is 4. The SMILES string of the molecule is Cc1ccc(S(=O)(=O)OS(c2ccc(OCc3ccncc3)cc2)(c2ccc(OCc3ccncc3)cc2)c2ccc(OC(C)(C)C)cc2)c(C)c1. The lowest BCUT2D eigenvalue weighted by Crippen LogP contribution is -2.22. The van der Waals surface area contributed by atoms with Gasteiger partial charge in [-0.25, -0.2) is 3.63 Å². The van der Waals surface area contributed by atoms with Crippen LogP contribution in [0.5, 0.6) is 17.2 Å². The Bertz CT molecular complexity index is 2100. The summed E-state index contributed by atoms with van der Waals surface area (Å²) < 4.78 is 54.1. The summed E-state index contributed by atoms with van der Waals surface area (Å²) in [6.45, 7) is 10.4. The molecule has 0 saturated heterocycles. The minimum absolute atomic E-state index is 0.109. The second-order valence-corrected chi connectivity index (χ2v) is 17.7. The Morgan fingerprint density at radius 2 is 0.981 bits per heavy atom. The van der Waals surface area contributed by atoms with Crippen LogP contribution < -0.4 is 14.2 Å². The molecule has 0 saturated carbocycles. The highest BCUT2D eigenvalue weighted by molar-refractivity contribution is 8.33. The Labute approximate surface area is 308 Å². The zero-order valence-electron chi connectivity index (χ0n) is 29.9. The minimum Gasteiger partial charge on any atom is -0.489 e. The van der Waals surface area contributed by atoms with Crippen molar-refractivity contribution in [2.24, 2.45) is 0 Å². The molecule has 8 nitrogen and oxygen atoms in total. The molecule has 0 atom stereocenters.